The number of unbranched alkanes of at least 4 members (excludes halogenated alkanes) is 11. The van der Waals surface area contributed by atoms with Crippen molar-refractivity contribution < 1.29 is 4.74 Å². The van der Waals surface area contributed by atoms with Gasteiger partial charge in [-0.05, 0) is 12.8 Å². The molecule has 1 heterocycles. The molecule has 18 heavy (non-hydrogen) atoms. The van der Waals surface area contributed by atoms with Gasteiger partial charge in [-0.25, -0.2) is 0 Å². The Bertz CT molecular complexity index is 168. The Balaban J connectivity index is 1.60. The number of ether oxygens (including phenoxy) is 1. The molecule has 2 heteroatoms. The van der Waals surface area contributed by atoms with E-state index >= 15 is 0 Å². The summed E-state index contributed by atoms with van der Waals surface area (Å²) < 4.78 is 5.21. The van der Waals surface area contributed by atoms with Crippen LogP contribution in [0.25, 0.3) is 0 Å². The van der Waals surface area contributed by atoms with E-state index in [4.69, 9.17) is 4.74 Å². The molecule has 1 saturated heterocycles. The van der Waals surface area contributed by atoms with Gasteiger partial charge in [-0.1, -0.05) is 86.6 Å². The van der Waals surface area contributed by atoms with E-state index in [-0.39, 0.29) is 0 Å². The van der Waals surface area contributed by atoms with E-state index in [0.717, 1.165) is 6.61 Å². The van der Waals surface area contributed by atoms with Gasteiger partial charge >= 0.3 is 0 Å². The van der Waals surface area contributed by atoms with Gasteiger partial charge in [0.2, 0.25) is 0 Å². The Labute approximate surface area is 122 Å². The standard InChI is InChI=1S/C16H31BrO/c17-14-12-10-8-6-4-2-1-3-5-7-9-11-13-16-15-18-16/h16H,1-15H2. The van der Waals surface area contributed by atoms with Crippen molar-refractivity contribution in [2.24, 2.45) is 0 Å². The molecule has 1 aliphatic heterocycles. The zero-order chi connectivity index (χ0) is 12.9. The number of hydrogen-bond donors (Lipinski definition) is 0. The second kappa shape index (κ2) is 12.5. The lowest BCUT2D eigenvalue weighted by Crippen LogP contribution is -1.86. The minimum absolute atomic E-state index is 0.648. The van der Waals surface area contributed by atoms with Gasteiger partial charge in [-0.2, -0.15) is 0 Å². The quantitative estimate of drug-likeness (QED) is 0.222. The van der Waals surface area contributed by atoms with E-state index in [1.807, 2.05) is 0 Å². The second-order valence-corrected chi connectivity index (χ2v) is 6.47. The Morgan fingerprint density at radius 2 is 1.06 bits per heavy atom. The van der Waals surface area contributed by atoms with Crippen molar-refractivity contribution in [2.75, 3.05) is 11.9 Å². The Morgan fingerprint density at radius 3 is 1.44 bits per heavy atom. The maximum absolute atomic E-state index is 5.21. The van der Waals surface area contributed by atoms with E-state index in [9.17, 15) is 0 Å². The Morgan fingerprint density at radius 1 is 0.667 bits per heavy atom. The Kier molecular flexibility index (Phi) is 11.4. The molecule has 0 saturated carbocycles. The van der Waals surface area contributed by atoms with Gasteiger partial charge in [-0.15, -0.1) is 0 Å². The van der Waals surface area contributed by atoms with Crippen LogP contribution in [-0.4, -0.2) is 18.0 Å². The maximum atomic E-state index is 5.21. The van der Waals surface area contributed by atoms with Gasteiger partial charge in [-0.3, -0.25) is 0 Å². The average molecular weight is 319 g/mol. The second-order valence-electron chi connectivity index (χ2n) is 5.68. The summed E-state index contributed by atoms with van der Waals surface area (Å²) in [5.41, 5.74) is 0. The SMILES string of the molecule is BrCCCCCCCCCCCCCCC1CO1. The zero-order valence-corrected chi connectivity index (χ0v) is 13.6. The molecule has 1 atom stereocenters. The normalized spacial score (nSPS) is 18.2. The van der Waals surface area contributed by atoms with Gasteiger partial charge in [0.15, 0.2) is 0 Å². The molecule has 0 spiro atoms. The lowest BCUT2D eigenvalue weighted by molar-refractivity contribution is 0.387. The van der Waals surface area contributed by atoms with Crippen molar-refractivity contribution in [3.63, 3.8) is 0 Å². The fourth-order valence-electron chi connectivity index (χ4n) is 2.47. The molecule has 1 fully saturated rings. The van der Waals surface area contributed by atoms with Gasteiger partial charge in [0.25, 0.3) is 0 Å². The van der Waals surface area contributed by atoms with Gasteiger partial charge in [0.1, 0.15) is 0 Å². The van der Waals surface area contributed by atoms with Gasteiger partial charge in [0.05, 0.1) is 12.7 Å². The third kappa shape index (κ3) is 11.5. The third-order valence-electron chi connectivity index (χ3n) is 3.81. The monoisotopic (exact) mass is 318 g/mol. The number of halogens is 1. The Hall–Kier alpha value is 0.440. The molecule has 0 aromatic rings. The first-order valence-electron chi connectivity index (χ1n) is 8.11. The van der Waals surface area contributed by atoms with E-state index in [1.54, 1.807) is 0 Å². The van der Waals surface area contributed by atoms with Crippen molar-refractivity contribution in [3.05, 3.63) is 0 Å². The fourth-order valence-corrected chi connectivity index (χ4v) is 2.87. The number of alkyl halides is 1. The summed E-state index contributed by atoms with van der Waals surface area (Å²) in [4.78, 5) is 0. The summed E-state index contributed by atoms with van der Waals surface area (Å²) in [5.74, 6) is 0. The average Bonchev–Trinajstić information content (AvgIpc) is 3.19. The zero-order valence-electron chi connectivity index (χ0n) is 12.0. The summed E-state index contributed by atoms with van der Waals surface area (Å²) in [6.07, 6.45) is 19.2. The van der Waals surface area contributed by atoms with Crippen LogP contribution < -0.4 is 0 Å². The molecule has 0 aromatic carbocycles. The van der Waals surface area contributed by atoms with Crippen LogP contribution in [0.5, 0.6) is 0 Å². The van der Waals surface area contributed by atoms with E-state index in [0.29, 0.717) is 6.10 Å². The molecular formula is C16H31BrO. The van der Waals surface area contributed by atoms with Gasteiger partial charge < -0.3 is 4.74 Å². The number of epoxide rings is 1. The highest BCUT2D eigenvalue weighted by molar-refractivity contribution is 9.09. The molecule has 0 aromatic heterocycles. The molecule has 0 bridgehead atoms. The summed E-state index contributed by atoms with van der Waals surface area (Å²) in [6, 6.07) is 0. The first-order valence-corrected chi connectivity index (χ1v) is 9.23. The van der Waals surface area contributed by atoms with Crippen molar-refractivity contribution in [1.82, 2.24) is 0 Å². The fraction of sp³-hybridized carbons (Fsp3) is 1.00. The van der Waals surface area contributed by atoms with Crippen molar-refractivity contribution >= 4 is 15.9 Å². The van der Waals surface area contributed by atoms with Crippen LogP contribution in [-0.2, 0) is 4.74 Å². The van der Waals surface area contributed by atoms with Crippen LogP contribution in [0.4, 0.5) is 0 Å². The molecule has 1 unspecified atom stereocenters. The third-order valence-corrected chi connectivity index (χ3v) is 4.37. The minimum atomic E-state index is 0.648. The van der Waals surface area contributed by atoms with Crippen LogP contribution in [0.2, 0.25) is 0 Å². The first-order chi connectivity index (χ1) is 8.93. The molecule has 0 radical (unpaired) electrons. The van der Waals surface area contributed by atoms with Crippen LogP contribution in [0.3, 0.4) is 0 Å². The summed E-state index contributed by atoms with van der Waals surface area (Å²) >= 11 is 3.48. The molecule has 1 rings (SSSR count). The van der Waals surface area contributed by atoms with Crippen molar-refractivity contribution in [2.45, 2.75) is 89.6 Å². The highest BCUT2D eigenvalue weighted by atomic mass is 79.9. The predicted molar refractivity (Wildman–Crippen MR) is 83.6 cm³/mol. The summed E-state index contributed by atoms with van der Waals surface area (Å²) in [6.45, 7) is 1.04. The lowest BCUT2D eigenvalue weighted by Gasteiger charge is -2.02. The molecule has 0 N–H and O–H groups in total. The lowest BCUT2D eigenvalue weighted by atomic mass is 10.0. The van der Waals surface area contributed by atoms with Crippen LogP contribution in [0, 0.1) is 0 Å². The van der Waals surface area contributed by atoms with Crippen LogP contribution in [0.15, 0.2) is 0 Å². The van der Waals surface area contributed by atoms with Crippen LogP contribution >= 0.6 is 15.9 Å². The number of rotatable bonds is 14. The molecule has 0 aliphatic carbocycles. The smallest absolute Gasteiger partial charge is 0.0810 e. The molecule has 0 amide bonds. The van der Waals surface area contributed by atoms with Crippen molar-refractivity contribution in [1.29, 1.82) is 0 Å². The molecule has 1 nitrogen and oxygen atoms in total. The minimum Gasteiger partial charge on any atom is -0.373 e. The topological polar surface area (TPSA) is 12.5 Å². The van der Waals surface area contributed by atoms with E-state index in [1.165, 1.54) is 88.8 Å². The van der Waals surface area contributed by atoms with Gasteiger partial charge in [0, 0.05) is 5.33 Å². The maximum Gasteiger partial charge on any atom is 0.0810 e. The summed E-state index contributed by atoms with van der Waals surface area (Å²) in [7, 11) is 0. The van der Waals surface area contributed by atoms with E-state index in [2.05, 4.69) is 15.9 Å². The number of hydrogen-bond acceptors (Lipinski definition) is 1. The molecule has 1 aliphatic rings. The first kappa shape index (κ1) is 16.5. The molecule has 108 valence electrons. The largest absolute Gasteiger partial charge is 0.373 e. The van der Waals surface area contributed by atoms with E-state index < -0.39 is 0 Å². The van der Waals surface area contributed by atoms with Crippen LogP contribution in [0.1, 0.15) is 83.5 Å². The predicted octanol–water partition coefficient (Wildman–Crippen LogP) is 5.85. The highest BCUT2D eigenvalue weighted by Gasteiger charge is 2.20. The van der Waals surface area contributed by atoms with Crippen molar-refractivity contribution in [3.8, 4) is 0 Å². The summed E-state index contributed by atoms with van der Waals surface area (Å²) in [5, 5.41) is 1.18. The molecular weight excluding hydrogens is 288 g/mol. The highest BCUT2D eigenvalue weighted by Crippen LogP contribution is 2.18.